The lowest BCUT2D eigenvalue weighted by Crippen LogP contribution is -2.51. The lowest BCUT2D eigenvalue weighted by molar-refractivity contribution is -0.0862. The Morgan fingerprint density at radius 1 is 1.31 bits per heavy atom. The molecule has 1 N–H and O–H groups in total. The van der Waals surface area contributed by atoms with Gasteiger partial charge in [-0.2, -0.15) is 11.8 Å². The molecule has 13 heavy (non-hydrogen) atoms. The number of aliphatic hydroxyl groups is 1. The van der Waals surface area contributed by atoms with E-state index in [-0.39, 0.29) is 11.0 Å². The van der Waals surface area contributed by atoms with Gasteiger partial charge in [0.25, 0.3) is 0 Å². The molecule has 2 aliphatic rings. The molecule has 2 aliphatic carbocycles. The van der Waals surface area contributed by atoms with Crippen LogP contribution in [0.3, 0.4) is 0 Å². The lowest BCUT2D eigenvalue weighted by Gasteiger charge is -2.45. The van der Waals surface area contributed by atoms with Crippen molar-refractivity contribution in [2.75, 3.05) is 12.0 Å². The average Bonchev–Trinajstić information content (AvgIpc) is 2.56. The molecule has 0 aromatic heterocycles. The average molecular weight is 200 g/mol. The number of hydrogen-bond acceptors (Lipinski definition) is 2. The first-order valence-corrected chi connectivity index (χ1v) is 6.63. The molecular formula is C11H20OS. The molecule has 2 heteroatoms. The van der Waals surface area contributed by atoms with Gasteiger partial charge in [0.05, 0.1) is 5.60 Å². The SMILES string of the molecule is CSC[C@]1(O)[C@@H]2CC[C@@H](C2)C1(C)C. The van der Waals surface area contributed by atoms with E-state index >= 15 is 0 Å². The molecule has 0 aromatic rings. The van der Waals surface area contributed by atoms with Crippen molar-refractivity contribution < 1.29 is 5.11 Å². The molecule has 0 heterocycles. The van der Waals surface area contributed by atoms with Gasteiger partial charge in [0.2, 0.25) is 0 Å². The van der Waals surface area contributed by atoms with Crippen molar-refractivity contribution >= 4 is 11.8 Å². The maximum atomic E-state index is 10.7. The van der Waals surface area contributed by atoms with Crippen molar-refractivity contribution in [1.82, 2.24) is 0 Å². The van der Waals surface area contributed by atoms with Crippen LogP contribution in [0.4, 0.5) is 0 Å². The highest BCUT2D eigenvalue weighted by Crippen LogP contribution is 2.61. The normalized spacial score (nSPS) is 47.1. The van der Waals surface area contributed by atoms with Gasteiger partial charge in [0.15, 0.2) is 0 Å². The third-order valence-electron chi connectivity index (χ3n) is 4.61. The zero-order valence-corrected chi connectivity index (χ0v) is 9.66. The minimum absolute atomic E-state index is 0.152. The lowest BCUT2D eigenvalue weighted by atomic mass is 9.66. The highest BCUT2D eigenvalue weighted by molar-refractivity contribution is 7.98. The summed E-state index contributed by atoms with van der Waals surface area (Å²) in [5, 5.41) is 10.7. The molecule has 2 rings (SSSR count). The fourth-order valence-corrected chi connectivity index (χ4v) is 4.52. The number of thioether (sulfide) groups is 1. The first kappa shape index (κ1) is 9.85. The van der Waals surface area contributed by atoms with Crippen LogP contribution in [0.5, 0.6) is 0 Å². The molecule has 2 fully saturated rings. The quantitative estimate of drug-likeness (QED) is 0.739. The van der Waals surface area contributed by atoms with E-state index in [4.69, 9.17) is 0 Å². The molecule has 2 saturated carbocycles. The van der Waals surface area contributed by atoms with Crippen molar-refractivity contribution in [3.8, 4) is 0 Å². The summed E-state index contributed by atoms with van der Waals surface area (Å²) in [6.45, 7) is 4.51. The Balaban J connectivity index is 2.27. The van der Waals surface area contributed by atoms with Crippen LogP contribution >= 0.6 is 11.8 Å². The first-order chi connectivity index (χ1) is 6.02. The summed E-state index contributed by atoms with van der Waals surface area (Å²) in [4.78, 5) is 0. The predicted molar refractivity (Wildman–Crippen MR) is 57.9 cm³/mol. The maximum Gasteiger partial charge on any atom is 0.0818 e. The molecule has 0 aromatic carbocycles. The van der Waals surface area contributed by atoms with E-state index in [2.05, 4.69) is 20.1 Å². The Labute approximate surface area is 85.3 Å². The Morgan fingerprint density at radius 3 is 2.38 bits per heavy atom. The summed E-state index contributed by atoms with van der Waals surface area (Å²) in [6.07, 6.45) is 5.96. The Kier molecular flexibility index (Phi) is 2.20. The van der Waals surface area contributed by atoms with Crippen molar-refractivity contribution in [2.24, 2.45) is 17.3 Å². The van der Waals surface area contributed by atoms with Crippen LogP contribution in [0.2, 0.25) is 0 Å². The molecule has 1 nitrogen and oxygen atoms in total. The van der Waals surface area contributed by atoms with Gasteiger partial charge in [-0.1, -0.05) is 13.8 Å². The van der Waals surface area contributed by atoms with Crippen LogP contribution in [0, 0.1) is 17.3 Å². The minimum Gasteiger partial charge on any atom is -0.388 e. The van der Waals surface area contributed by atoms with Gasteiger partial charge in [-0.15, -0.1) is 0 Å². The second kappa shape index (κ2) is 2.90. The summed E-state index contributed by atoms with van der Waals surface area (Å²) in [5.74, 6) is 2.27. The topological polar surface area (TPSA) is 20.2 Å². The maximum absolute atomic E-state index is 10.7. The highest BCUT2D eigenvalue weighted by Gasteiger charge is 2.61. The summed E-state index contributed by atoms with van der Waals surface area (Å²) < 4.78 is 0. The Bertz CT molecular complexity index is 214. The highest BCUT2D eigenvalue weighted by atomic mass is 32.2. The fraction of sp³-hybridized carbons (Fsp3) is 1.00. The largest absolute Gasteiger partial charge is 0.388 e. The van der Waals surface area contributed by atoms with Crippen molar-refractivity contribution in [2.45, 2.75) is 38.7 Å². The second-order valence-corrected chi connectivity index (χ2v) is 6.15. The van der Waals surface area contributed by atoms with E-state index in [9.17, 15) is 5.11 Å². The number of hydrogen-bond donors (Lipinski definition) is 1. The molecule has 0 saturated heterocycles. The monoisotopic (exact) mass is 200 g/mol. The van der Waals surface area contributed by atoms with E-state index in [0.29, 0.717) is 5.92 Å². The third-order valence-corrected chi connectivity index (χ3v) is 5.34. The van der Waals surface area contributed by atoms with Crippen LogP contribution in [0.15, 0.2) is 0 Å². The minimum atomic E-state index is -0.380. The van der Waals surface area contributed by atoms with Gasteiger partial charge in [0.1, 0.15) is 0 Å². The first-order valence-electron chi connectivity index (χ1n) is 5.23. The third kappa shape index (κ3) is 1.11. The van der Waals surface area contributed by atoms with Gasteiger partial charge in [-0.3, -0.25) is 0 Å². The van der Waals surface area contributed by atoms with E-state index in [1.807, 2.05) is 0 Å². The van der Waals surface area contributed by atoms with Crippen LogP contribution < -0.4 is 0 Å². The van der Waals surface area contributed by atoms with Gasteiger partial charge >= 0.3 is 0 Å². The van der Waals surface area contributed by atoms with Crippen molar-refractivity contribution in [3.63, 3.8) is 0 Å². The van der Waals surface area contributed by atoms with Gasteiger partial charge in [-0.25, -0.2) is 0 Å². The zero-order valence-electron chi connectivity index (χ0n) is 8.84. The molecule has 0 aliphatic heterocycles. The molecule has 3 atom stereocenters. The van der Waals surface area contributed by atoms with Gasteiger partial charge in [-0.05, 0) is 42.8 Å². The molecule has 2 bridgehead atoms. The molecule has 0 radical (unpaired) electrons. The van der Waals surface area contributed by atoms with E-state index in [0.717, 1.165) is 11.7 Å². The zero-order chi connectivity index (χ0) is 9.69. The van der Waals surface area contributed by atoms with Crippen molar-refractivity contribution in [1.29, 1.82) is 0 Å². The van der Waals surface area contributed by atoms with E-state index in [1.165, 1.54) is 19.3 Å². The molecule has 0 spiro atoms. The Hall–Kier alpha value is 0.310. The molecule has 0 amide bonds. The number of fused-ring (bicyclic) bond motifs is 2. The fourth-order valence-electron chi connectivity index (χ4n) is 3.47. The van der Waals surface area contributed by atoms with Crippen molar-refractivity contribution in [3.05, 3.63) is 0 Å². The van der Waals surface area contributed by atoms with E-state index in [1.54, 1.807) is 11.8 Å². The van der Waals surface area contributed by atoms with Crippen LogP contribution in [0.25, 0.3) is 0 Å². The smallest absolute Gasteiger partial charge is 0.0818 e. The summed E-state index contributed by atoms with van der Waals surface area (Å²) in [7, 11) is 0. The Morgan fingerprint density at radius 2 is 1.92 bits per heavy atom. The van der Waals surface area contributed by atoms with Gasteiger partial charge < -0.3 is 5.11 Å². The van der Waals surface area contributed by atoms with Crippen LogP contribution in [0.1, 0.15) is 33.1 Å². The summed E-state index contributed by atoms with van der Waals surface area (Å²) >= 11 is 1.79. The van der Waals surface area contributed by atoms with Gasteiger partial charge in [0, 0.05) is 5.75 Å². The van der Waals surface area contributed by atoms with Crippen LogP contribution in [-0.2, 0) is 0 Å². The van der Waals surface area contributed by atoms with Crippen LogP contribution in [-0.4, -0.2) is 22.7 Å². The molecular weight excluding hydrogens is 180 g/mol. The predicted octanol–water partition coefficient (Wildman–Crippen LogP) is 2.54. The molecule has 76 valence electrons. The summed E-state index contributed by atoms with van der Waals surface area (Å²) in [6, 6.07) is 0. The second-order valence-electron chi connectivity index (χ2n) is 5.29. The summed E-state index contributed by atoms with van der Waals surface area (Å²) in [5.41, 5.74) is -0.228. The molecule has 0 unspecified atom stereocenters. The van der Waals surface area contributed by atoms with E-state index < -0.39 is 0 Å². The standard InChI is InChI=1S/C11H20OS/c1-10(2)8-4-5-9(6-8)11(10,12)7-13-3/h8-9,12H,4-7H2,1-3H3/t8-,9+,11-/m0/s1. The number of rotatable bonds is 2.